The second-order valence-electron chi connectivity index (χ2n) is 4.88. The van der Waals surface area contributed by atoms with Gasteiger partial charge < -0.3 is 0 Å². The molecule has 0 spiro atoms. The second-order valence-corrected chi connectivity index (χ2v) is 5.63. The molecule has 0 heterocycles. The van der Waals surface area contributed by atoms with Gasteiger partial charge in [0.25, 0.3) is 5.69 Å². The summed E-state index contributed by atoms with van der Waals surface area (Å²) in [5.41, 5.74) is -1.10. The van der Waals surface area contributed by atoms with Crippen molar-refractivity contribution in [1.82, 2.24) is 0 Å². The van der Waals surface area contributed by atoms with Crippen molar-refractivity contribution in [3.63, 3.8) is 0 Å². The first kappa shape index (κ1) is 19.0. The van der Waals surface area contributed by atoms with E-state index < -0.39 is 22.4 Å². The van der Waals surface area contributed by atoms with E-state index >= 15 is 0 Å². The van der Waals surface area contributed by atoms with Crippen LogP contribution in [0.15, 0.2) is 6.07 Å². The summed E-state index contributed by atoms with van der Waals surface area (Å²) in [5.74, 6) is 0.560. The molecule has 0 aliphatic rings. The quantitative estimate of drug-likeness (QED) is 0.379. The van der Waals surface area contributed by atoms with Crippen LogP contribution in [0.3, 0.4) is 0 Å². The van der Waals surface area contributed by atoms with E-state index in [4.69, 9.17) is 23.2 Å². The highest BCUT2D eigenvalue weighted by Crippen LogP contribution is 2.39. The van der Waals surface area contributed by atoms with Gasteiger partial charge in [-0.1, -0.05) is 0 Å². The van der Waals surface area contributed by atoms with Crippen LogP contribution in [0.25, 0.3) is 0 Å². The van der Waals surface area contributed by atoms with Gasteiger partial charge >= 0.3 is 6.18 Å². The van der Waals surface area contributed by atoms with Gasteiger partial charge in [-0.05, 0) is 44.2 Å². The summed E-state index contributed by atoms with van der Waals surface area (Å²) in [6, 6.07) is 1.01. The summed E-state index contributed by atoms with van der Waals surface area (Å²) in [6.07, 6.45) is -3.18. The van der Waals surface area contributed by atoms with E-state index in [0.717, 1.165) is 13.0 Å². The molecular weight excluding hydrogens is 342 g/mol. The normalized spacial score (nSPS) is 11.7. The number of hydrogen-bond donors (Lipinski definition) is 0. The Balaban J connectivity index is 3.55. The molecular formula is C14H16Cl2F3NO2. The number of nitro benzene ring substituents is 1. The number of aryl methyl sites for hydroxylation is 1. The minimum absolute atomic E-state index is 0.269. The summed E-state index contributed by atoms with van der Waals surface area (Å²) in [7, 11) is 0. The van der Waals surface area contributed by atoms with Crippen molar-refractivity contribution in [3.8, 4) is 0 Å². The van der Waals surface area contributed by atoms with E-state index in [1.807, 2.05) is 0 Å². The van der Waals surface area contributed by atoms with E-state index in [9.17, 15) is 23.3 Å². The first-order valence-electron chi connectivity index (χ1n) is 6.72. The minimum atomic E-state index is -4.63. The maximum Gasteiger partial charge on any atom is 0.416 e. The van der Waals surface area contributed by atoms with Crippen molar-refractivity contribution < 1.29 is 18.1 Å². The Morgan fingerprint density at radius 3 is 2.18 bits per heavy atom. The molecule has 0 bridgehead atoms. The number of benzene rings is 1. The standard InChI is InChI=1S/C14H16Cl2F3NO2/c1-9-12(14(17,18)19)8-10(4-2-6-15)11(5-3-7-16)13(9)20(21)22/h8H,2-7H2,1H3. The number of nitrogens with zero attached hydrogens (tertiary/aromatic N) is 1. The molecule has 0 saturated carbocycles. The highest BCUT2D eigenvalue weighted by Gasteiger charge is 2.37. The van der Waals surface area contributed by atoms with Gasteiger partial charge in [0.1, 0.15) is 0 Å². The van der Waals surface area contributed by atoms with Crippen LogP contribution in [0.1, 0.15) is 35.1 Å². The van der Waals surface area contributed by atoms with E-state index in [1.54, 1.807) is 0 Å². The van der Waals surface area contributed by atoms with Crippen LogP contribution >= 0.6 is 23.2 Å². The predicted molar refractivity (Wildman–Crippen MR) is 80.9 cm³/mol. The number of alkyl halides is 5. The lowest BCUT2D eigenvalue weighted by atomic mass is 9.91. The molecule has 0 aliphatic carbocycles. The summed E-state index contributed by atoms with van der Waals surface area (Å²) in [5, 5.41) is 11.3. The molecule has 22 heavy (non-hydrogen) atoms. The van der Waals surface area contributed by atoms with Crippen molar-refractivity contribution in [3.05, 3.63) is 38.4 Å². The van der Waals surface area contributed by atoms with Crippen LogP contribution in [-0.4, -0.2) is 16.7 Å². The Morgan fingerprint density at radius 1 is 1.18 bits per heavy atom. The van der Waals surface area contributed by atoms with E-state index in [2.05, 4.69) is 0 Å². The van der Waals surface area contributed by atoms with Crippen molar-refractivity contribution in [2.45, 2.75) is 38.8 Å². The second kappa shape index (κ2) is 8.02. The zero-order valence-electron chi connectivity index (χ0n) is 12.0. The monoisotopic (exact) mass is 357 g/mol. The highest BCUT2D eigenvalue weighted by molar-refractivity contribution is 6.18. The molecule has 3 nitrogen and oxygen atoms in total. The highest BCUT2D eigenvalue weighted by atomic mass is 35.5. The third kappa shape index (κ3) is 4.49. The molecule has 0 saturated heterocycles. The van der Waals surface area contributed by atoms with Crippen LogP contribution in [0, 0.1) is 17.0 Å². The fraction of sp³-hybridized carbons (Fsp3) is 0.571. The molecule has 1 aromatic carbocycles. The third-order valence-corrected chi connectivity index (χ3v) is 3.91. The Morgan fingerprint density at radius 2 is 1.73 bits per heavy atom. The minimum Gasteiger partial charge on any atom is -0.258 e. The lowest BCUT2D eigenvalue weighted by Crippen LogP contribution is -2.13. The van der Waals surface area contributed by atoms with Crippen molar-refractivity contribution in [2.75, 3.05) is 11.8 Å². The Labute approximate surface area is 136 Å². The Hall–Kier alpha value is -1.01. The lowest BCUT2D eigenvalue weighted by Gasteiger charge is -2.17. The molecule has 0 radical (unpaired) electrons. The van der Waals surface area contributed by atoms with Gasteiger partial charge in [0.05, 0.1) is 10.5 Å². The lowest BCUT2D eigenvalue weighted by molar-refractivity contribution is -0.386. The van der Waals surface area contributed by atoms with Gasteiger partial charge in [0.2, 0.25) is 0 Å². The summed E-state index contributed by atoms with van der Waals surface area (Å²) in [6.45, 7) is 1.14. The maximum atomic E-state index is 13.1. The van der Waals surface area contributed by atoms with Crippen molar-refractivity contribution >= 4 is 28.9 Å². The molecule has 8 heteroatoms. The van der Waals surface area contributed by atoms with Crippen LogP contribution in [0.4, 0.5) is 18.9 Å². The summed E-state index contributed by atoms with van der Waals surface area (Å²) < 4.78 is 39.3. The SMILES string of the molecule is Cc1c(C(F)(F)F)cc(CCCCl)c(CCCCl)c1[N+](=O)[O-]. The molecule has 0 N–H and O–H groups in total. The van der Waals surface area contributed by atoms with E-state index in [0.29, 0.717) is 24.0 Å². The van der Waals surface area contributed by atoms with Gasteiger partial charge in [-0.2, -0.15) is 13.2 Å². The van der Waals surface area contributed by atoms with Gasteiger partial charge in [-0.25, -0.2) is 0 Å². The molecule has 0 aromatic heterocycles. The summed E-state index contributed by atoms with van der Waals surface area (Å²) in [4.78, 5) is 10.6. The van der Waals surface area contributed by atoms with Crippen LogP contribution in [0.5, 0.6) is 0 Å². The summed E-state index contributed by atoms with van der Waals surface area (Å²) >= 11 is 11.2. The number of hydrogen-bond acceptors (Lipinski definition) is 2. The molecule has 124 valence electrons. The zero-order chi connectivity index (χ0) is 16.9. The molecule has 0 unspecified atom stereocenters. The molecule has 1 rings (SSSR count). The van der Waals surface area contributed by atoms with Crippen LogP contribution in [0.2, 0.25) is 0 Å². The maximum absolute atomic E-state index is 13.1. The van der Waals surface area contributed by atoms with Crippen molar-refractivity contribution in [2.24, 2.45) is 0 Å². The van der Waals surface area contributed by atoms with Crippen LogP contribution in [-0.2, 0) is 19.0 Å². The third-order valence-electron chi connectivity index (χ3n) is 3.38. The number of halogens is 5. The largest absolute Gasteiger partial charge is 0.416 e. The topological polar surface area (TPSA) is 43.1 Å². The van der Waals surface area contributed by atoms with Crippen LogP contribution < -0.4 is 0 Å². The van der Waals surface area contributed by atoms with Gasteiger partial charge in [-0.3, -0.25) is 10.1 Å². The first-order valence-corrected chi connectivity index (χ1v) is 7.79. The fourth-order valence-corrected chi connectivity index (χ4v) is 2.69. The average Bonchev–Trinajstić information content (AvgIpc) is 2.41. The smallest absolute Gasteiger partial charge is 0.258 e. The Kier molecular flexibility index (Phi) is 6.94. The molecule has 1 aromatic rings. The molecule has 0 atom stereocenters. The number of rotatable bonds is 7. The molecule has 0 fully saturated rings. The fourth-order valence-electron chi connectivity index (χ4n) is 2.42. The predicted octanol–water partition coefficient (Wildman–Crippen LogP) is 5.26. The molecule has 0 aliphatic heterocycles. The van der Waals surface area contributed by atoms with E-state index in [-0.39, 0.29) is 30.2 Å². The molecule has 0 amide bonds. The van der Waals surface area contributed by atoms with Gasteiger partial charge in [0, 0.05) is 22.9 Å². The zero-order valence-corrected chi connectivity index (χ0v) is 13.5. The average molecular weight is 358 g/mol. The van der Waals surface area contributed by atoms with E-state index in [1.165, 1.54) is 0 Å². The van der Waals surface area contributed by atoms with Gasteiger partial charge in [0.15, 0.2) is 0 Å². The van der Waals surface area contributed by atoms with Crippen molar-refractivity contribution in [1.29, 1.82) is 0 Å². The first-order chi connectivity index (χ1) is 10.2. The Bertz CT molecular complexity index is 548. The van der Waals surface area contributed by atoms with Gasteiger partial charge in [-0.15, -0.1) is 23.2 Å². The number of nitro groups is 1.